The van der Waals surface area contributed by atoms with Gasteiger partial charge in [0.25, 0.3) is 6.71 Å². The highest BCUT2D eigenvalue weighted by atomic mass is 16.3. The number of fused-ring (bicyclic) bond motifs is 9. The largest absolute Gasteiger partial charge is 0.468 e. The Morgan fingerprint density at radius 2 is 1.11 bits per heavy atom. The van der Waals surface area contributed by atoms with Crippen molar-refractivity contribution in [1.82, 2.24) is 0 Å². The monoisotopic (exact) mass is 872 g/mol. The maximum atomic E-state index is 9.45. The summed E-state index contributed by atoms with van der Waals surface area (Å²) in [6, 6.07) is 30.5. The Morgan fingerprint density at radius 1 is 0.530 bits per heavy atom. The molecule has 66 heavy (non-hydrogen) atoms. The minimum atomic E-state index is -0.400. The number of anilines is 6. The molecule has 0 atom stereocenters. The van der Waals surface area contributed by atoms with Crippen LogP contribution in [-0.2, 0) is 32.5 Å². The van der Waals surface area contributed by atoms with Crippen LogP contribution < -0.4 is 26.4 Å². The summed E-state index contributed by atoms with van der Waals surface area (Å²) in [6.07, 6.45) is 6.83. The fourth-order valence-corrected chi connectivity index (χ4v) is 12.8. The van der Waals surface area contributed by atoms with Crippen LogP contribution in [-0.4, -0.2) is 6.71 Å². The highest BCUT2D eigenvalue weighted by Gasteiger charge is 2.51. The van der Waals surface area contributed by atoms with Crippen molar-refractivity contribution in [2.45, 2.75) is 154 Å². The van der Waals surface area contributed by atoms with Crippen LogP contribution in [0.15, 0.2) is 120 Å². The zero-order valence-electron chi connectivity index (χ0n) is 46.2. The van der Waals surface area contributed by atoms with Crippen LogP contribution in [0, 0.1) is 0 Å². The van der Waals surface area contributed by atoms with Gasteiger partial charge in [0.2, 0.25) is 0 Å². The third-order valence-electron chi connectivity index (χ3n) is 17.3. The summed E-state index contributed by atoms with van der Waals surface area (Å²) in [7, 11) is 0. The average molecular weight is 872 g/mol. The zero-order chi connectivity index (χ0) is 50.4. The van der Waals surface area contributed by atoms with Crippen molar-refractivity contribution >= 4 is 68.4 Å². The van der Waals surface area contributed by atoms with Crippen LogP contribution in [0.4, 0.5) is 34.1 Å². The zero-order valence-corrected chi connectivity index (χ0v) is 41.2. The average Bonchev–Trinajstić information content (AvgIpc) is 3.69. The van der Waals surface area contributed by atoms with Gasteiger partial charge in [-0.25, -0.2) is 0 Å². The normalized spacial score (nSPS) is 23.2. The molecule has 13 rings (SSSR count). The minimum absolute atomic E-state index is 0.00649. The van der Waals surface area contributed by atoms with Gasteiger partial charge in [-0.05, 0) is 181 Å². The molecule has 6 aromatic carbocycles. The molecule has 2 bridgehead atoms. The standard InChI is InChI=1S/C62H67BN2O/c1-57(2,3)40-18-21-42(22-19-40)64-50-34-41(58(4,5)6)20-25-49(50)63-54-51(64)32-39(38-16-14-13-15-17-38)33-52(54)65(43-23-24-45-46(35-43)60(9,10)27-26-59(45,7)8)55-44-36-47-48(37-53(44)66-56(55)63)62(12)30-28-61(47,11)29-31-62/h13-25,32-37H,26-31H2,1-12H3/i13D,14D,15D,16D,17D. The lowest BCUT2D eigenvalue weighted by Crippen LogP contribution is -2.61. The van der Waals surface area contributed by atoms with E-state index in [1.165, 1.54) is 46.2 Å². The van der Waals surface area contributed by atoms with Crippen molar-refractivity contribution in [1.29, 1.82) is 0 Å². The molecule has 0 unspecified atom stereocenters. The van der Waals surface area contributed by atoms with Gasteiger partial charge in [0.1, 0.15) is 5.58 Å². The maximum absolute atomic E-state index is 9.45. The van der Waals surface area contributed by atoms with Crippen molar-refractivity contribution in [3.05, 3.63) is 149 Å². The molecule has 3 heterocycles. The predicted molar refractivity (Wildman–Crippen MR) is 282 cm³/mol. The van der Waals surface area contributed by atoms with Gasteiger partial charge in [-0.15, -0.1) is 0 Å². The third kappa shape index (κ3) is 6.01. The van der Waals surface area contributed by atoms with E-state index < -0.39 is 6.04 Å². The molecule has 0 amide bonds. The summed E-state index contributed by atoms with van der Waals surface area (Å²) in [5, 5.41) is 1.09. The summed E-state index contributed by atoms with van der Waals surface area (Å²) in [5.74, 6) is 0. The van der Waals surface area contributed by atoms with Gasteiger partial charge in [0, 0.05) is 33.8 Å². The second-order valence-corrected chi connectivity index (χ2v) is 24.7. The van der Waals surface area contributed by atoms with Gasteiger partial charge < -0.3 is 14.2 Å². The Kier molecular flexibility index (Phi) is 7.54. The molecule has 1 saturated carbocycles. The molecule has 4 aliphatic carbocycles. The summed E-state index contributed by atoms with van der Waals surface area (Å²) < 4.78 is 53.0. The Morgan fingerprint density at radius 3 is 1.74 bits per heavy atom. The molecule has 1 fully saturated rings. The number of hydrogen-bond acceptors (Lipinski definition) is 3. The maximum Gasteiger partial charge on any atom is 0.297 e. The highest BCUT2D eigenvalue weighted by Crippen LogP contribution is 2.59. The second-order valence-electron chi connectivity index (χ2n) is 24.7. The SMILES string of the molecule is [2H]c1c([2H])c([2H])c(-c2cc3c4c(c2)N(c2ccc5c(c2)C(C)(C)CCC5(C)C)c2c(oc5cc6c(cc25)C2(C)CCC6(C)CC2)B4c2ccc(C(C)(C)C)cc2N3c2ccc(C(C)(C)C)cc2)c([2H])c1[2H]. The molecule has 0 radical (unpaired) electrons. The van der Waals surface area contributed by atoms with Crippen molar-refractivity contribution in [3.8, 4) is 11.1 Å². The molecule has 0 spiro atoms. The summed E-state index contributed by atoms with van der Waals surface area (Å²) in [6.45, 7) is 27.6. The van der Waals surface area contributed by atoms with E-state index >= 15 is 0 Å². The van der Waals surface area contributed by atoms with E-state index in [4.69, 9.17) is 8.53 Å². The van der Waals surface area contributed by atoms with Crippen molar-refractivity contribution < 1.29 is 11.3 Å². The van der Waals surface area contributed by atoms with E-state index in [1.54, 1.807) is 0 Å². The molecule has 0 saturated heterocycles. The Labute approximate surface area is 401 Å². The molecule has 3 nitrogen and oxygen atoms in total. The molecule has 4 heteroatoms. The number of hydrogen-bond donors (Lipinski definition) is 0. The van der Waals surface area contributed by atoms with Crippen molar-refractivity contribution in [3.63, 3.8) is 0 Å². The van der Waals surface area contributed by atoms with Gasteiger partial charge in [-0.3, -0.25) is 0 Å². The van der Waals surface area contributed by atoms with Gasteiger partial charge >= 0.3 is 0 Å². The Bertz CT molecular complexity index is 3420. The van der Waals surface area contributed by atoms with Crippen LogP contribution in [0.3, 0.4) is 0 Å². The first-order chi connectivity index (χ1) is 33.2. The van der Waals surface area contributed by atoms with Crippen LogP contribution in [0.5, 0.6) is 0 Å². The topological polar surface area (TPSA) is 19.6 Å². The van der Waals surface area contributed by atoms with E-state index in [9.17, 15) is 2.74 Å². The number of nitrogens with zero attached hydrogens (tertiary/aromatic N) is 2. The number of furan rings is 1. The highest BCUT2D eigenvalue weighted by molar-refractivity contribution is 7.00. The second kappa shape index (κ2) is 13.6. The Balaban J connectivity index is 1.25. The van der Waals surface area contributed by atoms with Gasteiger partial charge in [0.05, 0.1) is 18.2 Å². The number of rotatable bonds is 3. The molecular weight excluding hydrogens is 800 g/mol. The lowest BCUT2D eigenvalue weighted by Gasteiger charge is -2.52. The van der Waals surface area contributed by atoms with Crippen LogP contribution >= 0.6 is 0 Å². The van der Waals surface area contributed by atoms with Gasteiger partial charge in [-0.1, -0.05) is 144 Å². The van der Waals surface area contributed by atoms with Gasteiger partial charge in [-0.2, -0.15) is 0 Å². The lowest BCUT2D eigenvalue weighted by atomic mass is 9.35. The van der Waals surface area contributed by atoms with Crippen LogP contribution in [0.2, 0.25) is 0 Å². The molecule has 0 N–H and O–H groups in total. The number of benzene rings is 6. The summed E-state index contributed by atoms with van der Waals surface area (Å²) in [5.41, 5.74) is 18.5. The third-order valence-corrected chi connectivity index (χ3v) is 17.3. The quantitative estimate of drug-likeness (QED) is 0.165. The first kappa shape index (κ1) is 36.6. The lowest BCUT2D eigenvalue weighted by molar-refractivity contribution is 0.188. The fraction of sp³-hybridized carbons (Fsp3) is 0.387. The molecule has 334 valence electrons. The molecule has 6 aliphatic rings. The van der Waals surface area contributed by atoms with Crippen LogP contribution in [0.25, 0.3) is 22.1 Å². The smallest absolute Gasteiger partial charge is 0.297 e. The minimum Gasteiger partial charge on any atom is -0.468 e. The van der Waals surface area contributed by atoms with E-state index in [0.29, 0.717) is 5.56 Å². The summed E-state index contributed by atoms with van der Waals surface area (Å²) >= 11 is 0. The van der Waals surface area contributed by atoms with Crippen molar-refractivity contribution in [2.75, 3.05) is 9.80 Å². The first-order valence-corrected chi connectivity index (χ1v) is 24.6. The molecule has 2 aliphatic heterocycles. The van der Waals surface area contributed by atoms with Crippen LogP contribution in [0.1, 0.15) is 162 Å². The molecule has 1 aromatic heterocycles. The van der Waals surface area contributed by atoms with Gasteiger partial charge in [0.15, 0.2) is 0 Å². The first-order valence-electron chi connectivity index (χ1n) is 27.1. The Hall–Kier alpha value is -5.48. The van der Waals surface area contributed by atoms with E-state index in [-0.39, 0.29) is 68.9 Å². The molecule has 7 aromatic rings. The predicted octanol–water partition coefficient (Wildman–Crippen LogP) is 15.2. The summed E-state index contributed by atoms with van der Waals surface area (Å²) in [4.78, 5) is 4.80. The van der Waals surface area contributed by atoms with E-state index in [1.807, 2.05) is 0 Å². The van der Waals surface area contributed by atoms with E-state index in [0.717, 1.165) is 87.4 Å². The van der Waals surface area contributed by atoms with Crippen molar-refractivity contribution in [2.24, 2.45) is 0 Å². The fourth-order valence-electron chi connectivity index (χ4n) is 12.8. The van der Waals surface area contributed by atoms with E-state index in [2.05, 4.69) is 178 Å². The molecular formula is C62H67BN2O.